The van der Waals surface area contributed by atoms with Crippen LogP contribution in [0.1, 0.15) is 35.7 Å². The minimum Gasteiger partial charge on any atom is -0.372 e. The number of hydrogen-bond acceptors (Lipinski definition) is 3. The molecule has 30 heavy (non-hydrogen) atoms. The zero-order valence-corrected chi connectivity index (χ0v) is 16.5. The topological polar surface area (TPSA) is 45.2 Å². The molecule has 1 fully saturated rings. The first-order valence-electron chi connectivity index (χ1n) is 9.94. The van der Waals surface area contributed by atoms with E-state index in [0.29, 0.717) is 5.69 Å². The van der Waals surface area contributed by atoms with Crippen LogP contribution in [-0.2, 0) is 6.18 Å². The highest BCUT2D eigenvalue weighted by Gasteiger charge is 2.37. The second kappa shape index (κ2) is 7.97. The molecule has 2 heterocycles. The summed E-state index contributed by atoms with van der Waals surface area (Å²) in [7, 11) is 0. The molecule has 1 saturated heterocycles. The molecule has 7 heteroatoms. The zero-order chi connectivity index (χ0) is 21.3. The molecular weight excluding hydrogens is 391 g/mol. The van der Waals surface area contributed by atoms with Crippen molar-refractivity contribution in [2.45, 2.75) is 25.9 Å². The van der Waals surface area contributed by atoms with Crippen LogP contribution in [0, 0.1) is 5.92 Å². The van der Waals surface area contributed by atoms with Gasteiger partial charge < -0.3 is 10.2 Å². The highest BCUT2D eigenvalue weighted by atomic mass is 19.4. The average Bonchev–Trinajstić information content (AvgIpc) is 2.73. The number of pyridine rings is 1. The van der Waals surface area contributed by atoms with Crippen molar-refractivity contribution in [3.05, 3.63) is 65.9 Å². The van der Waals surface area contributed by atoms with Gasteiger partial charge in [0.2, 0.25) is 0 Å². The summed E-state index contributed by atoms with van der Waals surface area (Å²) in [5, 5.41) is 2.48. The van der Waals surface area contributed by atoms with E-state index in [0.717, 1.165) is 43.7 Å². The first-order chi connectivity index (χ1) is 14.3. The quantitative estimate of drug-likeness (QED) is 0.595. The number of hydrogen-bond donors (Lipinski definition) is 1. The summed E-state index contributed by atoms with van der Waals surface area (Å²) < 4.78 is 41.3. The maximum absolute atomic E-state index is 13.8. The van der Waals surface area contributed by atoms with Gasteiger partial charge in [-0.05, 0) is 49.1 Å². The number of alkyl halides is 3. The van der Waals surface area contributed by atoms with Gasteiger partial charge in [-0.2, -0.15) is 13.2 Å². The predicted molar refractivity (Wildman–Crippen MR) is 112 cm³/mol. The number of benzene rings is 2. The molecule has 0 radical (unpaired) electrons. The summed E-state index contributed by atoms with van der Waals surface area (Å²) in [6.45, 7) is 4.20. The minimum atomic E-state index is -4.68. The molecule has 0 atom stereocenters. The first kappa shape index (κ1) is 20.2. The van der Waals surface area contributed by atoms with E-state index in [9.17, 15) is 18.0 Å². The Morgan fingerprint density at radius 1 is 1.07 bits per heavy atom. The second-order valence-corrected chi connectivity index (χ2v) is 7.73. The summed E-state index contributed by atoms with van der Waals surface area (Å²) in [5.74, 6) is -0.113. The molecule has 1 aliphatic heterocycles. The Hall–Kier alpha value is -3.09. The second-order valence-electron chi connectivity index (χ2n) is 7.73. The van der Waals surface area contributed by atoms with Gasteiger partial charge in [-0.3, -0.25) is 9.78 Å². The van der Waals surface area contributed by atoms with Crippen LogP contribution >= 0.6 is 0 Å². The van der Waals surface area contributed by atoms with Crippen LogP contribution in [0.15, 0.2) is 54.7 Å². The molecule has 4 rings (SSSR count). The summed E-state index contributed by atoms with van der Waals surface area (Å²) >= 11 is 0. The van der Waals surface area contributed by atoms with E-state index in [2.05, 4.69) is 22.1 Å². The Morgan fingerprint density at radius 2 is 1.73 bits per heavy atom. The molecule has 1 amide bonds. The van der Waals surface area contributed by atoms with Gasteiger partial charge in [-0.25, -0.2) is 0 Å². The highest BCUT2D eigenvalue weighted by molar-refractivity contribution is 6.07. The number of fused-ring (bicyclic) bond motifs is 1. The molecule has 1 aliphatic rings. The monoisotopic (exact) mass is 413 g/mol. The maximum Gasteiger partial charge on any atom is 0.417 e. The van der Waals surface area contributed by atoms with Gasteiger partial charge in [0.1, 0.15) is 0 Å². The number of carbonyl (C=O) groups is 1. The van der Waals surface area contributed by atoms with Crippen molar-refractivity contribution in [2.75, 3.05) is 23.3 Å². The Bertz CT molecular complexity index is 1060. The fourth-order valence-corrected chi connectivity index (χ4v) is 3.84. The Balaban J connectivity index is 1.58. The smallest absolute Gasteiger partial charge is 0.372 e. The largest absolute Gasteiger partial charge is 0.417 e. The van der Waals surface area contributed by atoms with Crippen molar-refractivity contribution < 1.29 is 18.0 Å². The number of nitrogens with zero attached hydrogens (tertiary/aromatic N) is 2. The Labute approximate surface area is 172 Å². The number of aromatic nitrogens is 1. The molecule has 156 valence electrons. The average molecular weight is 413 g/mol. The van der Waals surface area contributed by atoms with E-state index in [1.807, 2.05) is 12.1 Å². The molecule has 1 aromatic heterocycles. The van der Waals surface area contributed by atoms with E-state index in [-0.39, 0.29) is 10.9 Å². The lowest BCUT2D eigenvalue weighted by molar-refractivity contribution is -0.136. The number of rotatable bonds is 3. The van der Waals surface area contributed by atoms with Crippen LogP contribution in [0.4, 0.5) is 24.5 Å². The van der Waals surface area contributed by atoms with Crippen LogP contribution in [0.2, 0.25) is 0 Å². The lowest BCUT2D eigenvalue weighted by Gasteiger charge is -2.32. The lowest BCUT2D eigenvalue weighted by Crippen LogP contribution is -2.32. The summed E-state index contributed by atoms with van der Waals surface area (Å²) in [5.41, 5.74) is 0.222. The van der Waals surface area contributed by atoms with E-state index in [4.69, 9.17) is 0 Å². The summed E-state index contributed by atoms with van der Waals surface area (Å²) in [6, 6.07) is 13.1. The molecule has 0 spiro atoms. The van der Waals surface area contributed by atoms with Crippen molar-refractivity contribution in [1.29, 1.82) is 0 Å². The number of piperidine rings is 1. The summed E-state index contributed by atoms with van der Waals surface area (Å²) in [4.78, 5) is 19.0. The number of amides is 1. The van der Waals surface area contributed by atoms with Crippen molar-refractivity contribution in [2.24, 2.45) is 5.92 Å². The number of anilines is 2. The third-order valence-corrected chi connectivity index (χ3v) is 5.58. The fourth-order valence-electron chi connectivity index (χ4n) is 3.84. The molecule has 4 nitrogen and oxygen atoms in total. The molecule has 0 saturated carbocycles. The van der Waals surface area contributed by atoms with E-state index >= 15 is 0 Å². The molecule has 0 unspecified atom stereocenters. The van der Waals surface area contributed by atoms with Gasteiger partial charge >= 0.3 is 6.18 Å². The van der Waals surface area contributed by atoms with E-state index in [1.54, 1.807) is 18.2 Å². The fraction of sp³-hybridized carbons (Fsp3) is 0.304. The van der Waals surface area contributed by atoms with Crippen molar-refractivity contribution in [3.8, 4) is 0 Å². The Kier molecular flexibility index (Phi) is 5.37. The predicted octanol–water partition coefficient (Wildman–Crippen LogP) is 5.74. The third kappa shape index (κ3) is 4.10. The lowest BCUT2D eigenvalue weighted by atomic mass is 9.99. The standard InChI is InChI=1S/C23H22F3N3O/c1-15-10-12-29(13-11-15)17-8-6-16(7-9-17)28-22(30)19-14-27-20-5-3-2-4-18(20)21(19)23(24,25)26/h2-9,14-15H,10-13H2,1H3,(H,28,30). The maximum atomic E-state index is 13.8. The highest BCUT2D eigenvalue weighted by Crippen LogP contribution is 2.37. The number of halogens is 3. The third-order valence-electron chi connectivity index (χ3n) is 5.58. The van der Waals surface area contributed by atoms with E-state index in [1.165, 1.54) is 18.2 Å². The van der Waals surface area contributed by atoms with Crippen molar-refractivity contribution in [1.82, 2.24) is 4.98 Å². The van der Waals surface area contributed by atoms with Crippen LogP contribution in [0.25, 0.3) is 10.9 Å². The molecule has 1 N–H and O–H groups in total. The first-order valence-corrected chi connectivity index (χ1v) is 9.94. The van der Waals surface area contributed by atoms with Crippen LogP contribution in [0.5, 0.6) is 0 Å². The SMILES string of the molecule is CC1CCN(c2ccc(NC(=O)c3cnc4ccccc4c3C(F)(F)F)cc2)CC1. The number of para-hydroxylation sites is 1. The molecule has 0 aliphatic carbocycles. The molecular formula is C23H22F3N3O. The Morgan fingerprint density at radius 3 is 2.40 bits per heavy atom. The van der Waals surface area contributed by atoms with E-state index < -0.39 is 23.2 Å². The number of carbonyl (C=O) groups excluding carboxylic acids is 1. The normalized spacial score (nSPS) is 15.4. The van der Waals surface area contributed by atoms with Crippen LogP contribution < -0.4 is 10.2 Å². The van der Waals surface area contributed by atoms with Gasteiger partial charge in [0.25, 0.3) is 5.91 Å². The van der Waals surface area contributed by atoms with Gasteiger partial charge in [-0.15, -0.1) is 0 Å². The van der Waals surface area contributed by atoms with Gasteiger partial charge in [0.15, 0.2) is 0 Å². The van der Waals surface area contributed by atoms with Crippen LogP contribution in [0.3, 0.4) is 0 Å². The number of nitrogens with one attached hydrogen (secondary N) is 1. The van der Waals surface area contributed by atoms with Gasteiger partial charge in [0, 0.05) is 36.0 Å². The van der Waals surface area contributed by atoms with Crippen LogP contribution in [-0.4, -0.2) is 24.0 Å². The molecule has 2 aromatic carbocycles. The zero-order valence-electron chi connectivity index (χ0n) is 16.5. The van der Waals surface area contributed by atoms with Crippen molar-refractivity contribution in [3.63, 3.8) is 0 Å². The van der Waals surface area contributed by atoms with Gasteiger partial charge in [-0.1, -0.05) is 25.1 Å². The van der Waals surface area contributed by atoms with Crippen molar-refractivity contribution >= 4 is 28.2 Å². The molecule has 0 bridgehead atoms. The van der Waals surface area contributed by atoms with Gasteiger partial charge in [0.05, 0.1) is 16.6 Å². The molecule has 3 aromatic rings. The minimum absolute atomic E-state index is 0.0904. The summed E-state index contributed by atoms with van der Waals surface area (Å²) in [6.07, 6.45) is -1.42.